The average Bonchev–Trinajstić information content (AvgIpc) is 3.13. The molecule has 0 unspecified atom stereocenters. The molecule has 0 fully saturated rings. The third-order valence-electron chi connectivity index (χ3n) is 3.97. The van der Waals surface area contributed by atoms with Crippen LogP contribution in [0.3, 0.4) is 0 Å². The van der Waals surface area contributed by atoms with E-state index in [2.05, 4.69) is 35.2 Å². The summed E-state index contributed by atoms with van der Waals surface area (Å²) in [6.45, 7) is 6.18. The van der Waals surface area contributed by atoms with Gasteiger partial charge in [-0.15, -0.1) is 11.3 Å². The highest BCUT2D eigenvalue weighted by Crippen LogP contribution is 2.30. The molecule has 3 aromatic rings. The second-order valence-electron chi connectivity index (χ2n) is 5.34. The van der Waals surface area contributed by atoms with Crippen LogP contribution in [0, 0.1) is 0 Å². The number of hydrogen-bond donors (Lipinski definition) is 0. The quantitative estimate of drug-likeness (QED) is 0.651. The zero-order valence-electron chi connectivity index (χ0n) is 14.2. The van der Waals surface area contributed by atoms with Crippen LogP contribution in [-0.2, 0) is 0 Å². The zero-order chi connectivity index (χ0) is 16.9. The Morgan fingerprint density at radius 1 is 1.04 bits per heavy atom. The lowest BCUT2D eigenvalue weighted by atomic mass is 10.1. The average molecular weight is 339 g/mol. The molecule has 1 aromatic carbocycles. The minimum atomic E-state index is 0.854. The van der Waals surface area contributed by atoms with Gasteiger partial charge in [0.2, 0.25) is 0 Å². The largest absolute Gasteiger partial charge is 0.497 e. The van der Waals surface area contributed by atoms with E-state index < -0.39 is 0 Å². The van der Waals surface area contributed by atoms with Gasteiger partial charge in [0, 0.05) is 35.8 Å². The Morgan fingerprint density at radius 3 is 2.46 bits per heavy atom. The van der Waals surface area contributed by atoms with Crippen LogP contribution in [0.1, 0.15) is 13.8 Å². The van der Waals surface area contributed by atoms with Crippen molar-refractivity contribution in [3.05, 3.63) is 48.0 Å². The molecule has 0 amide bonds. The predicted molar refractivity (Wildman–Crippen MR) is 101 cm³/mol. The van der Waals surface area contributed by atoms with Gasteiger partial charge in [0.05, 0.1) is 12.8 Å². The maximum Gasteiger partial charge on any atom is 0.129 e. The first-order chi connectivity index (χ1) is 11.7. The van der Waals surface area contributed by atoms with Crippen LogP contribution in [0.4, 0.5) is 5.82 Å². The van der Waals surface area contributed by atoms with Crippen molar-refractivity contribution in [2.75, 3.05) is 25.1 Å². The number of aromatic nitrogens is 2. The number of pyridine rings is 1. The molecule has 24 heavy (non-hydrogen) atoms. The Labute approximate surface area is 146 Å². The monoisotopic (exact) mass is 339 g/mol. The Hall–Kier alpha value is -2.40. The number of thiazole rings is 1. The van der Waals surface area contributed by atoms with Crippen molar-refractivity contribution in [2.24, 2.45) is 0 Å². The molecule has 5 heteroatoms. The molecular formula is C19H21N3OS. The standard InChI is InChI=1S/C19H21N3OS/c1-4-22(5-2)18-12-15(10-11-20-18)19-21-17(13-24-19)14-6-8-16(23-3)9-7-14/h6-13H,4-5H2,1-3H3. The minimum Gasteiger partial charge on any atom is -0.497 e. The first-order valence-electron chi connectivity index (χ1n) is 8.06. The molecule has 0 aliphatic carbocycles. The van der Waals surface area contributed by atoms with Crippen LogP contribution in [0.15, 0.2) is 48.0 Å². The summed E-state index contributed by atoms with van der Waals surface area (Å²) in [5, 5.41) is 3.10. The Balaban J connectivity index is 1.88. The van der Waals surface area contributed by atoms with Crippen molar-refractivity contribution in [1.82, 2.24) is 9.97 Å². The maximum absolute atomic E-state index is 5.21. The number of nitrogens with zero attached hydrogens (tertiary/aromatic N) is 3. The summed E-state index contributed by atoms with van der Waals surface area (Å²) in [7, 11) is 1.67. The van der Waals surface area contributed by atoms with Crippen LogP contribution in [-0.4, -0.2) is 30.2 Å². The molecule has 0 radical (unpaired) electrons. The molecule has 124 valence electrons. The molecular weight excluding hydrogens is 318 g/mol. The lowest BCUT2D eigenvalue weighted by Gasteiger charge is -2.19. The summed E-state index contributed by atoms with van der Waals surface area (Å²) in [6.07, 6.45) is 1.86. The number of ether oxygens (including phenoxy) is 1. The van der Waals surface area contributed by atoms with E-state index in [9.17, 15) is 0 Å². The van der Waals surface area contributed by atoms with Crippen molar-refractivity contribution >= 4 is 17.2 Å². The van der Waals surface area contributed by atoms with E-state index in [0.29, 0.717) is 0 Å². The predicted octanol–water partition coefficient (Wildman–Crippen LogP) is 4.73. The molecule has 2 heterocycles. The van der Waals surface area contributed by atoms with Crippen LogP contribution in [0.5, 0.6) is 5.75 Å². The highest BCUT2D eigenvalue weighted by molar-refractivity contribution is 7.13. The van der Waals surface area contributed by atoms with E-state index in [0.717, 1.165) is 46.5 Å². The third-order valence-corrected chi connectivity index (χ3v) is 4.86. The van der Waals surface area contributed by atoms with Gasteiger partial charge in [-0.1, -0.05) is 0 Å². The summed E-state index contributed by atoms with van der Waals surface area (Å²) >= 11 is 1.65. The van der Waals surface area contributed by atoms with E-state index in [-0.39, 0.29) is 0 Å². The number of rotatable bonds is 6. The SMILES string of the molecule is CCN(CC)c1cc(-c2nc(-c3ccc(OC)cc3)cs2)ccn1. The van der Waals surface area contributed by atoms with Crippen LogP contribution < -0.4 is 9.64 Å². The fraction of sp³-hybridized carbons (Fsp3) is 0.263. The van der Waals surface area contributed by atoms with Crippen molar-refractivity contribution in [2.45, 2.75) is 13.8 Å². The fourth-order valence-corrected chi connectivity index (χ4v) is 3.40. The molecule has 0 N–H and O–H groups in total. The minimum absolute atomic E-state index is 0.854. The molecule has 2 aromatic heterocycles. The third kappa shape index (κ3) is 3.41. The van der Waals surface area contributed by atoms with Crippen molar-refractivity contribution in [3.63, 3.8) is 0 Å². The van der Waals surface area contributed by atoms with Crippen LogP contribution in [0.25, 0.3) is 21.8 Å². The van der Waals surface area contributed by atoms with Gasteiger partial charge in [0.25, 0.3) is 0 Å². The number of benzene rings is 1. The van der Waals surface area contributed by atoms with Gasteiger partial charge in [-0.3, -0.25) is 0 Å². The van der Waals surface area contributed by atoms with Gasteiger partial charge in [-0.2, -0.15) is 0 Å². The summed E-state index contributed by atoms with van der Waals surface area (Å²) in [4.78, 5) is 11.5. The summed E-state index contributed by atoms with van der Waals surface area (Å²) in [5.41, 5.74) is 3.19. The first-order valence-corrected chi connectivity index (χ1v) is 8.94. The maximum atomic E-state index is 5.21. The molecule has 0 aliphatic rings. The smallest absolute Gasteiger partial charge is 0.129 e. The second-order valence-corrected chi connectivity index (χ2v) is 6.20. The fourth-order valence-electron chi connectivity index (χ4n) is 2.57. The van der Waals surface area contributed by atoms with Gasteiger partial charge < -0.3 is 9.64 Å². The van der Waals surface area contributed by atoms with Gasteiger partial charge in [0.1, 0.15) is 16.6 Å². The molecule has 0 spiro atoms. The molecule has 0 atom stereocenters. The van der Waals surface area contributed by atoms with E-state index in [1.165, 1.54) is 0 Å². The Morgan fingerprint density at radius 2 is 1.79 bits per heavy atom. The topological polar surface area (TPSA) is 38.2 Å². The molecule has 0 aliphatic heterocycles. The van der Waals surface area contributed by atoms with E-state index in [1.54, 1.807) is 18.4 Å². The molecule has 4 nitrogen and oxygen atoms in total. The highest BCUT2D eigenvalue weighted by atomic mass is 32.1. The van der Waals surface area contributed by atoms with Crippen LogP contribution >= 0.6 is 11.3 Å². The van der Waals surface area contributed by atoms with E-state index >= 15 is 0 Å². The van der Waals surface area contributed by atoms with Gasteiger partial charge in [0.15, 0.2) is 0 Å². The number of anilines is 1. The lowest BCUT2D eigenvalue weighted by molar-refractivity contribution is 0.415. The van der Waals surface area contributed by atoms with E-state index in [1.807, 2.05) is 36.5 Å². The summed E-state index contributed by atoms with van der Waals surface area (Å²) in [5.74, 6) is 1.85. The zero-order valence-corrected chi connectivity index (χ0v) is 15.0. The molecule has 3 rings (SSSR count). The number of hydrogen-bond acceptors (Lipinski definition) is 5. The van der Waals surface area contributed by atoms with E-state index in [4.69, 9.17) is 9.72 Å². The molecule has 0 saturated heterocycles. The molecule has 0 saturated carbocycles. The molecule has 0 bridgehead atoms. The van der Waals surface area contributed by atoms with Crippen molar-refractivity contribution in [1.29, 1.82) is 0 Å². The lowest BCUT2D eigenvalue weighted by Crippen LogP contribution is -2.22. The summed E-state index contributed by atoms with van der Waals surface area (Å²) < 4.78 is 5.21. The van der Waals surface area contributed by atoms with Gasteiger partial charge in [-0.05, 0) is 50.2 Å². The van der Waals surface area contributed by atoms with Gasteiger partial charge in [-0.25, -0.2) is 9.97 Å². The Kier molecular flexibility index (Phi) is 5.11. The first kappa shape index (κ1) is 16.5. The van der Waals surface area contributed by atoms with Crippen LogP contribution in [0.2, 0.25) is 0 Å². The van der Waals surface area contributed by atoms with Crippen molar-refractivity contribution < 1.29 is 4.74 Å². The van der Waals surface area contributed by atoms with Crippen molar-refractivity contribution in [3.8, 4) is 27.6 Å². The normalized spacial score (nSPS) is 10.6. The highest BCUT2D eigenvalue weighted by Gasteiger charge is 2.10. The summed E-state index contributed by atoms with van der Waals surface area (Å²) in [6, 6.07) is 12.1. The Bertz CT molecular complexity index is 794. The van der Waals surface area contributed by atoms with Gasteiger partial charge >= 0.3 is 0 Å². The second kappa shape index (κ2) is 7.45. The number of methoxy groups -OCH3 is 1.